The highest BCUT2D eigenvalue weighted by Gasteiger charge is 2.31. The fourth-order valence-corrected chi connectivity index (χ4v) is 3.37. The van der Waals surface area contributed by atoms with Crippen molar-refractivity contribution in [1.29, 1.82) is 0 Å². The van der Waals surface area contributed by atoms with Crippen molar-refractivity contribution >= 4 is 51.7 Å². The molecule has 1 aromatic rings. The largest absolute Gasteiger partial charge is 0.344 e. The first kappa shape index (κ1) is 16.5. The van der Waals surface area contributed by atoms with Crippen LogP contribution in [0.1, 0.15) is 26.7 Å². The van der Waals surface area contributed by atoms with Gasteiger partial charge in [-0.1, -0.05) is 25.4 Å². The molecule has 1 unspecified atom stereocenters. The van der Waals surface area contributed by atoms with E-state index in [2.05, 4.69) is 27.9 Å². The number of hydrogen-bond acceptors (Lipinski definition) is 2. The predicted octanol–water partition coefficient (Wildman–Crippen LogP) is 3.21. The standard InChI is InChI=1S/C15H18ClIN2O2/c1-9(2)7-12-15(21)19(6-5-14(20)18-12)13-4-3-10(17)8-11(13)16/h3-4,8-9,12H,5-7H2,1-2H3,(H,18,20). The molecule has 1 heterocycles. The fraction of sp³-hybridized carbons (Fsp3) is 0.467. The first-order chi connectivity index (χ1) is 9.88. The number of halogens is 2. The van der Waals surface area contributed by atoms with Crippen LogP contribution in [-0.4, -0.2) is 24.4 Å². The van der Waals surface area contributed by atoms with E-state index in [1.807, 2.05) is 32.0 Å². The molecule has 1 aliphatic heterocycles. The lowest BCUT2D eigenvalue weighted by Gasteiger charge is -2.25. The molecule has 0 spiro atoms. The minimum atomic E-state index is -0.477. The molecular formula is C15H18ClIN2O2. The first-order valence-corrected chi connectivity index (χ1v) is 8.40. The van der Waals surface area contributed by atoms with Crippen LogP contribution in [0.5, 0.6) is 0 Å². The Kier molecular flexibility index (Phi) is 5.48. The summed E-state index contributed by atoms with van der Waals surface area (Å²) in [6.07, 6.45) is 0.922. The Balaban J connectivity index is 2.32. The van der Waals surface area contributed by atoms with Crippen molar-refractivity contribution in [1.82, 2.24) is 5.32 Å². The normalized spacial score (nSPS) is 19.7. The number of nitrogens with one attached hydrogen (secondary N) is 1. The second kappa shape index (κ2) is 6.96. The summed E-state index contributed by atoms with van der Waals surface area (Å²) in [5.41, 5.74) is 0.673. The molecule has 1 aromatic carbocycles. The molecule has 2 amide bonds. The molecule has 1 atom stereocenters. The van der Waals surface area contributed by atoms with Crippen molar-refractivity contribution in [3.8, 4) is 0 Å². The molecule has 0 bridgehead atoms. The van der Waals surface area contributed by atoms with Crippen LogP contribution < -0.4 is 10.2 Å². The van der Waals surface area contributed by atoms with Crippen molar-refractivity contribution < 1.29 is 9.59 Å². The van der Waals surface area contributed by atoms with Gasteiger partial charge in [0.05, 0.1) is 10.7 Å². The Morgan fingerprint density at radius 2 is 2.14 bits per heavy atom. The van der Waals surface area contributed by atoms with Gasteiger partial charge in [-0.05, 0) is 53.1 Å². The second-order valence-electron chi connectivity index (χ2n) is 5.59. The maximum absolute atomic E-state index is 12.7. The number of hydrogen-bond donors (Lipinski definition) is 1. The lowest BCUT2D eigenvalue weighted by atomic mass is 10.0. The number of carbonyl (C=O) groups excluding carboxylic acids is 2. The Morgan fingerprint density at radius 1 is 1.43 bits per heavy atom. The van der Waals surface area contributed by atoms with E-state index in [0.29, 0.717) is 36.0 Å². The van der Waals surface area contributed by atoms with E-state index in [0.717, 1.165) is 3.57 Å². The van der Waals surface area contributed by atoms with Gasteiger partial charge in [0.1, 0.15) is 6.04 Å². The Bertz CT molecular complexity index is 563. The molecule has 114 valence electrons. The summed E-state index contributed by atoms with van der Waals surface area (Å²) < 4.78 is 1.01. The number of benzene rings is 1. The van der Waals surface area contributed by atoms with Crippen LogP contribution in [0.15, 0.2) is 18.2 Å². The van der Waals surface area contributed by atoms with E-state index in [9.17, 15) is 9.59 Å². The van der Waals surface area contributed by atoms with E-state index in [-0.39, 0.29) is 11.8 Å². The monoisotopic (exact) mass is 420 g/mol. The van der Waals surface area contributed by atoms with Crippen LogP contribution in [-0.2, 0) is 9.59 Å². The van der Waals surface area contributed by atoms with Gasteiger partial charge in [0, 0.05) is 16.5 Å². The summed E-state index contributed by atoms with van der Waals surface area (Å²) in [6, 6.07) is 5.09. The molecule has 2 rings (SSSR count). The zero-order valence-electron chi connectivity index (χ0n) is 12.0. The lowest BCUT2D eigenvalue weighted by Crippen LogP contribution is -2.45. The van der Waals surface area contributed by atoms with Gasteiger partial charge in [-0.2, -0.15) is 0 Å². The maximum Gasteiger partial charge on any atom is 0.249 e. The van der Waals surface area contributed by atoms with Gasteiger partial charge in [-0.25, -0.2) is 0 Å². The molecule has 0 aromatic heterocycles. The highest BCUT2D eigenvalue weighted by molar-refractivity contribution is 14.1. The third kappa shape index (κ3) is 4.10. The SMILES string of the molecule is CC(C)CC1NC(=O)CCN(c2ccc(I)cc2Cl)C1=O. The smallest absolute Gasteiger partial charge is 0.249 e. The summed E-state index contributed by atoms with van der Waals surface area (Å²) >= 11 is 8.44. The van der Waals surface area contributed by atoms with Crippen molar-refractivity contribution in [2.24, 2.45) is 5.92 Å². The van der Waals surface area contributed by atoms with Crippen molar-refractivity contribution in [3.05, 3.63) is 26.8 Å². The molecule has 1 aliphatic rings. The van der Waals surface area contributed by atoms with Gasteiger partial charge in [0.2, 0.25) is 11.8 Å². The van der Waals surface area contributed by atoms with Crippen LogP contribution in [0, 0.1) is 9.49 Å². The van der Waals surface area contributed by atoms with Gasteiger partial charge in [-0.3, -0.25) is 9.59 Å². The van der Waals surface area contributed by atoms with E-state index < -0.39 is 6.04 Å². The molecule has 1 saturated heterocycles. The van der Waals surface area contributed by atoms with Gasteiger partial charge in [0.15, 0.2) is 0 Å². The highest BCUT2D eigenvalue weighted by Crippen LogP contribution is 2.29. The number of rotatable bonds is 3. The number of amides is 2. The molecule has 1 fully saturated rings. The van der Waals surface area contributed by atoms with Crippen LogP contribution in [0.4, 0.5) is 5.69 Å². The Morgan fingerprint density at radius 3 is 2.76 bits per heavy atom. The van der Waals surface area contributed by atoms with E-state index >= 15 is 0 Å². The van der Waals surface area contributed by atoms with Gasteiger partial charge < -0.3 is 10.2 Å². The van der Waals surface area contributed by atoms with Crippen LogP contribution in [0.3, 0.4) is 0 Å². The molecule has 4 nitrogen and oxygen atoms in total. The fourth-order valence-electron chi connectivity index (χ4n) is 2.41. The molecule has 0 radical (unpaired) electrons. The van der Waals surface area contributed by atoms with Gasteiger partial charge in [0.25, 0.3) is 0 Å². The lowest BCUT2D eigenvalue weighted by molar-refractivity contribution is -0.125. The van der Waals surface area contributed by atoms with Crippen molar-refractivity contribution in [2.75, 3.05) is 11.4 Å². The zero-order chi connectivity index (χ0) is 15.6. The molecule has 21 heavy (non-hydrogen) atoms. The van der Waals surface area contributed by atoms with E-state index in [4.69, 9.17) is 11.6 Å². The average molecular weight is 421 g/mol. The van der Waals surface area contributed by atoms with Crippen LogP contribution in [0.25, 0.3) is 0 Å². The quantitative estimate of drug-likeness (QED) is 0.764. The summed E-state index contributed by atoms with van der Waals surface area (Å²) in [7, 11) is 0. The zero-order valence-corrected chi connectivity index (χ0v) is 14.9. The van der Waals surface area contributed by atoms with Crippen molar-refractivity contribution in [3.63, 3.8) is 0 Å². The maximum atomic E-state index is 12.7. The highest BCUT2D eigenvalue weighted by atomic mass is 127. The van der Waals surface area contributed by atoms with Crippen LogP contribution in [0.2, 0.25) is 5.02 Å². The summed E-state index contributed by atoms with van der Waals surface area (Å²) in [6.45, 7) is 4.43. The van der Waals surface area contributed by atoms with Crippen LogP contribution >= 0.6 is 34.2 Å². The molecule has 0 saturated carbocycles. The summed E-state index contributed by atoms with van der Waals surface area (Å²) in [5.74, 6) is 0.155. The molecule has 6 heteroatoms. The van der Waals surface area contributed by atoms with Gasteiger partial charge >= 0.3 is 0 Å². The van der Waals surface area contributed by atoms with E-state index in [1.54, 1.807) is 4.90 Å². The van der Waals surface area contributed by atoms with Crippen molar-refractivity contribution in [2.45, 2.75) is 32.7 Å². The summed E-state index contributed by atoms with van der Waals surface area (Å²) in [5, 5.41) is 3.35. The number of carbonyl (C=O) groups is 2. The minimum Gasteiger partial charge on any atom is -0.344 e. The predicted molar refractivity (Wildman–Crippen MR) is 92.5 cm³/mol. The molecule has 1 N–H and O–H groups in total. The molecule has 0 aliphatic carbocycles. The summed E-state index contributed by atoms with van der Waals surface area (Å²) in [4.78, 5) is 26.2. The van der Waals surface area contributed by atoms with Gasteiger partial charge in [-0.15, -0.1) is 0 Å². The minimum absolute atomic E-state index is 0.0851. The Labute approximate surface area is 143 Å². The number of nitrogens with zero attached hydrogens (tertiary/aromatic N) is 1. The first-order valence-electron chi connectivity index (χ1n) is 6.94. The third-order valence-electron chi connectivity index (χ3n) is 3.37. The second-order valence-corrected chi connectivity index (χ2v) is 7.24. The van der Waals surface area contributed by atoms with E-state index in [1.165, 1.54) is 0 Å². The number of anilines is 1. The molecular weight excluding hydrogens is 403 g/mol. The topological polar surface area (TPSA) is 49.4 Å². The third-order valence-corrected chi connectivity index (χ3v) is 4.34. The Hall–Kier alpha value is -0.820. The average Bonchev–Trinajstić information content (AvgIpc) is 2.51.